The summed E-state index contributed by atoms with van der Waals surface area (Å²) in [7, 11) is 0. The Kier molecular flexibility index (Phi) is 8.10. The van der Waals surface area contributed by atoms with Crippen molar-refractivity contribution in [3.05, 3.63) is 96.3 Å². The monoisotopic (exact) mass is 549 g/mol. The van der Waals surface area contributed by atoms with Crippen molar-refractivity contribution >= 4 is 40.2 Å². The molecule has 0 atom stereocenters. The van der Waals surface area contributed by atoms with Gasteiger partial charge in [0.2, 0.25) is 0 Å². The number of benzene rings is 3. The highest BCUT2D eigenvalue weighted by Crippen LogP contribution is 2.35. The first-order chi connectivity index (χ1) is 19.9. The van der Waals surface area contributed by atoms with Crippen LogP contribution in [0.15, 0.2) is 85.1 Å². The van der Waals surface area contributed by atoms with Gasteiger partial charge in [-0.05, 0) is 50.1 Å². The maximum Gasteiger partial charge on any atom is 0.324 e. The number of aryl methyl sites for hydroxylation is 2. The van der Waals surface area contributed by atoms with E-state index < -0.39 is 12.1 Å². The molecule has 5 rings (SSSR count). The van der Waals surface area contributed by atoms with Crippen molar-refractivity contribution in [2.45, 2.75) is 33.1 Å². The van der Waals surface area contributed by atoms with Crippen LogP contribution in [0.5, 0.6) is 11.5 Å². The minimum absolute atomic E-state index is 0.275. The van der Waals surface area contributed by atoms with Gasteiger partial charge in [0.1, 0.15) is 23.1 Å². The number of carbonyl (C=O) groups is 2. The number of nitrogens with zero attached hydrogens (tertiary/aromatic N) is 3. The second-order valence-corrected chi connectivity index (χ2v) is 9.58. The summed E-state index contributed by atoms with van der Waals surface area (Å²) in [6.45, 7) is 4.17. The molecule has 0 unspecified atom stereocenters. The molecule has 0 aliphatic heterocycles. The molecule has 208 valence electrons. The summed E-state index contributed by atoms with van der Waals surface area (Å²) in [6.07, 6.45) is 4.41. The lowest BCUT2D eigenvalue weighted by Gasteiger charge is -2.14. The van der Waals surface area contributed by atoms with Gasteiger partial charge >= 0.3 is 12.1 Å². The van der Waals surface area contributed by atoms with Crippen molar-refractivity contribution < 1.29 is 14.3 Å². The van der Waals surface area contributed by atoms with Crippen LogP contribution in [-0.2, 0) is 6.42 Å². The smallest absolute Gasteiger partial charge is 0.324 e. The molecule has 4 amide bonds. The number of aromatic nitrogens is 3. The van der Waals surface area contributed by atoms with E-state index in [2.05, 4.69) is 27.9 Å². The lowest BCUT2D eigenvalue weighted by Crippen LogP contribution is -2.21. The van der Waals surface area contributed by atoms with E-state index in [1.165, 1.54) is 6.20 Å². The van der Waals surface area contributed by atoms with Crippen molar-refractivity contribution in [1.29, 1.82) is 0 Å². The van der Waals surface area contributed by atoms with E-state index >= 15 is 0 Å². The van der Waals surface area contributed by atoms with Crippen LogP contribution in [0.1, 0.15) is 31.0 Å². The van der Waals surface area contributed by atoms with Crippen molar-refractivity contribution in [1.82, 2.24) is 14.8 Å². The van der Waals surface area contributed by atoms with Gasteiger partial charge < -0.3 is 15.8 Å². The molecule has 10 nitrogen and oxygen atoms in total. The number of primary amides is 1. The van der Waals surface area contributed by atoms with E-state index in [0.29, 0.717) is 23.0 Å². The van der Waals surface area contributed by atoms with Gasteiger partial charge in [0.15, 0.2) is 0 Å². The Morgan fingerprint density at radius 1 is 0.927 bits per heavy atom. The third kappa shape index (κ3) is 6.62. The van der Waals surface area contributed by atoms with Crippen LogP contribution in [0.25, 0.3) is 16.5 Å². The van der Waals surface area contributed by atoms with Crippen LogP contribution >= 0.6 is 0 Å². The molecule has 10 heteroatoms. The zero-order valence-corrected chi connectivity index (χ0v) is 22.8. The molecule has 0 saturated carbocycles. The van der Waals surface area contributed by atoms with Crippen LogP contribution in [0.3, 0.4) is 0 Å². The molecule has 0 spiro atoms. The Labute approximate surface area is 237 Å². The van der Waals surface area contributed by atoms with Gasteiger partial charge in [0.25, 0.3) is 0 Å². The fourth-order valence-electron chi connectivity index (χ4n) is 4.42. The van der Waals surface area contributed by atoms with Crippen LogP contribution < -0.4 is 26.4 Å². The fourth-order valence-corrected chi connectivity index (χ4v) is 4.42. The quantitative estimate of drug-likeness (QED) is 0.157. The highest BCUT2D eigenvalue weighted by molar-refractivity contribution is 6.07. The molecule has 0 aliphatic rings. The van der Waals surface area contributed by atoms with Crippen LogP contribution in [-0.4, -0.2) is 26.8 Å². The van der Waals surface area contributed by atoms with Gasteiger partial charge in [0.05, 0.1) is 17.1 Å². The van der Waals surface area contributed by atoms with Gasteiger partial charge in [-0.15, -0.1) is 0 Å². The van der Waals surface area contributed by atoms with E-state index in [-0.39, 0.29) is 5.82 Å². The molecule has 0 radical (unpaired) electrons. The Balaban J connectivity index is 1.38. The van der Waals surface area contributed by atoms with Gasteiger partial charge in [-0.3, -0.25) is 10.6 Å². The molecule has 3 aromatic carbocycles. The maximum atomic E-state index is 13.2. The van der Waals surface area contributed by atoms with E-state index in [0.717, 1.165) is 47.0 Å². The number of fused-ring (bicyclic) bond motifs is 1. The first kappa shape index (κ1) is 27.2. The van der Waals surface area contributed by atoms with Crippen molar-refractivity contribution in [2.24, 2.45) is 5.73 Å². The lowest BCUT2D eigenvalue weighted by molar-refractivity contribution is 0.259. The summed E-state index contributed by atoms with van der Waals surface area (Å²) in [5.74, 6) is 1.90. The third-order valence-corrected chi connectivity index (χ3v) is 6.41. The molecule has 0 fully saturated rings. The van der Waals surface area contributed by atoms with Gasteiger partial charge in [-0.1, -0.05) is 55.3 Å². The Bertz CT molecular complexity index is 1700. The minimum atomic E-state index is -0.715. The number of nitrogens with one attached hydrogen (secondary N) is 3. The fraction of sp³-hybridized carbons (Fsp3) is 0.161. The molecule has 2 aromatic heterocycles. The number of urea groups is 2. The normalized spacial score (nSPS) is 10.8. The molecular formula is C31H31N7O3. The summed E-state index contributed by atoms with van der Waals surface area (Å²) >= 11 is 0. The molecule has 0 bridgehead atoms. The summed E-state index contributed by atoms with van der Waals surface area (Å²) in [5.41, 5.74) is 8.74. The average molecular weight is 550 g/mol. The van der Waals surface area contributed by atoms with Gasteiger partial charge in [-0.2, -0.15) is 5.10 Å². The van der Waals surface area contributed by atoms with Crippen LogP contribution in [0.2, 0.25) is 0 Å². The molecule has 0 saturated heterocycles. The number of rotatable bonds is 9. The first-order valence-electron chi connectivity index (χ1n) is 13.4. The lowest BCUT2D eigenvalue weighted by atomic mass is 10.1. The van der Waals surface area contributed by atoms with Gasteiger partial charge in [0, 0.05) is 29.1 Å². The molecule has 2 heterocycles. The van der Waals surface area contributed by atoms with E-state index in [1.54, 1.807) is 28.9 Å². The standard InChI is InChI=1S/C31H31N7O3/c1-3-4-7-21-18-29(38(37-21)22-12-10-20(2)11-13-22)36-31(40)34-26-14-15-27(25-9-6-5-8-24(25)26)41-23-16-17-33-28(19-23)35-30(32)39/h5-6,8-19H,3-4,7H2,1-2H3,(H2,34,36,40)(H3,32,33,35,39). The topological polar surface area (TPSA) is 136 Å². The Hall–Kier alpha value is -5.38. The molecule has 41 heavy (non-hydrogen) atoms. The SMILES string of the molecule is CCCCc1cc(NC(=O)Nc2ccc(Oc3ccnc(NC(N)=O)c3)c3ccccc23)n(-c2ccc(C)cc2)n1. The number of unbranched alkanes of at least 4 members (excludes halogenated alkanes) is 1. The van der Waals surface area contributed by atoms with E-state index in [4.69, 9.17) is 15.6 Å². The second kappa shape index (κ2) is 12.2. The Morgan fingerprint density at radius 3 is 2.46 bits per heavy atom. The van der Waals surface area contributed by atoms with Crippen molar-refractivity contribution in [3.8, 4) is 17.2 Å². The largest absolute Gasteiger partial charge is 0.457 e. The summed E-state index contributed by atoms with van der Waals surface area (Å²) in [5, 5.41) is 14.7. The van der Waals surface area contributed by atoms with E-state index in [1.807, 2.05) is 61.5 Å². The van der Waals surface area contributed by atoms with Crippen molar-refractivity contribution in [3.63, 3.8) is 0 Å². The van der Waals surface area contributed by atoms with Crippen LogP contribution in [0.4, 0.5) is 26.9 Å². The highest BCUT2D eigenvalue weighted by Gasteiger charge is 2.15. The summed E-state index contributed by atoms with van der Waals surface area (Å²) in [6, 6.07) is 23.2. The van der Waals surface area contributed by atoms with E-state index in [9.17, 15) is 9.59 Å². The number of ether oxygens (including phenoxy) is 1. The molecule has 0 aliphatic carbocycles. The zero-order valence-electron chi connectivity index (χ0n) is 22.8. The number of amides is 4. The van der Waals surface area contributed by atoms with Crippen LogP contribution in [0, 0.1) is 6.92 Å². The Morgan fingerprint density at radius 2 is 1.71 bits per heavy atom. The number of pyridine rings is 1. The average Bonchev–Trinajstić information content (AvgIpc) is 3.35. The number of hydrogen-bond acceptors (Lipinski definition) is 5. The predicted molar refractivity (Wildman–Crippen MR) is 161 cm³/mol. The minimum Gasteiger partial charge on any atom is -0.457 e. The third-order valence-electron chi connectivity index (χ3n) is 6.41. The highest BCUT2D eigenvalue weighted by atomic mass is 16.5. The molecule has 5 aromatic rings. The molecule has 5 N–H and O–H groups in total. The van der Waals surface area contributed by atoms with Gasteiger partial charge in [-0.25, -0.2) is 19.3 Å². The number of anilines is 3. The predicted octanol–water partition coefficient (Wildman–Crippen LogP) is 7.00. The summed E-state index contributed by atoms with van der Waals surface area (Å²) in [4.78, 5) is 28.5. The zero-order chi connectivity index (χ0) is 28.8. The number of hydrogen-bond donors (Lipinski definition) is 4. The first-order valence-corrected chi connectivity index (χ1v) is 13.4. The number of carbonyl (C=O) groups excluding carboxylic acids is 2. The molecular weight excluding hydrogens is 518 g/mol. The number of nitrogens with two attached hydrogens (primary N) is 1. The van der Waals surface area contributed by atoms with Crippen molar-refractivity contribution in [2.75, 3.05) is 16.0 Å². The second-order valence-electron chi connectivity index (χ2n) is 9.58. The summed E-state index contributed by atoms with van der Waals surface area (Å²) < 4.78 is 7.86. The maximum absolute atomic E-state index is 13.2.